The molecule has 2 heterocycles. The van der Waals surface area contributed by atoms with Gasteiger partial charge < -0.3 is 4.57 Å². The van der Waals surface area contributed by atoms with E-state index in [0.29, 0.717) is 10.7 Å². The summed E-state index contributed by atoms with van der Waals surface area (Å²) in [6.45, 7) is 1.84. The molecular weight excluding hydrogens is 274 g/mol. The average molecular weight is 286 g/mol. The van der Waals surface area contributed by atoms with E-state index in [2.05, 4.69) is 9.97 Å². The molecule has 0 amide bonds. The number of nitrogens with zero attached hydrogens (tertiary/aromatic N) is 3. The van der Waals surface area contributed by atoms with E-state index in [1.807, 2.05) is 41.0 Å². The summed E-state index contributed by atoms with van der Waals surface area (Å²) in [5.41, 5.74) is 2.40. The number of rotatable bonds is 3. The van der Waals surface area contributed by atoms with Gasteiger partial charge in [-0.25, -0.2) is 9.97 Å². The number of carbonyl (C=O) groups excluding carboxylic acids is 1. The number of carbonyl (C=O) groups is 1. The second kappa shape index (κ2) is 5.06. The van der Waals surface area contributed by atoms with Gasteiger partial charge in [-0.2, -0.15) is 0 Å². The van der Waals surface area contributed by atoms with Crippen molar-refractivity contribution < 1.29 is 4.79 Å². The van der Waals surface area contributed by atoms with E-state index in [0.717, 1.165) is 16.9 Å². The molecule has 0 aliphatic rings. The summed E-state index contributed by atoms with van der Waals surface area (Å²) in [5.74, 6) is 0.800. The normalized spacial score (nSPS) is 10.9. The lowest BCUT2D eigenvalue weighted by atomic mass is 10.2. The fourth-order valence-corrected chi connectivity index (χ4v) is 2.29. The number of pyridine rings is 1. The van der Waals surface area contributed by atoms with Gasteiger partial charge in [0.2, 0.25) is 0 Å². The van der Waals surface area contributed by atoms with Crippen LogP contribution in [0.1, 0.15) is 6.92 Å². The summed E-state index contributed by atoms with van der Waals surface area (Å²) >= 11 is 5.91. The van der Waals surface area contributed by atoms with E-state index in [9.17, 15) is 4.79 Å². The number of hydrogen-bond acceptors (Lipinski definition) is 3. The molecule has 0 unspecified atom stereocenters. The lowest BCUT2D eigenvalue weighted by Gasteiger charge is -2.07. The van der Waals surface area contributed by atoms with Crippen molar-refractivity contribution in [1.82, 2.24) is 14.5 Å². The molecule has 3 aromatic rings. The van der Waals surface area contributed by atoms with Crippen LogP contribution in [-0.2, 0) is 11.3 Å². The third-order valence-corrected chi connectivity index (χ3v) is 3.26. The van der Waals surface area contributed by atoms with Crippen molar-refractivity contribution >= 4 is 28.5 Å². The quantitative estimate of drug-likeness (QED) is 0.741. The summed E-state index contributed by atoms with van der Waals surface area (Å²) in [6, 6.07) is 11.1. The summed E-state index contributed by atoms with van der Waals surface area (Å²) in [4.78, 5) is 20.3. The van der Waals surface area contributed by atoms with Gasteiger partial charge in [0.25, 0.3) is 0 Å². The molecule has 0 spiro atoms. The maximum Gasteiger partial charge on any atom is 0.178 e. The predicted octanol–water partition coefficient (Wildman–Crippen LogP) is 3.34. The first-order valence-corrected chi connectivity index (χ1v) is 6.59. The van der Waals surface area contributed by atoms with Crippen molar-refractivity contribution in [3.05, 3.63) is 47.6 Å². The van der Waals surface area contributed by atoms with E-state index in [-0.39, 0.29) is 12.3 Å². The van der Waals surface area contributed by atoms with Crippen molar-refractivity contribution in [3.63, 3.8) is 0 Å². The monoisotopic (exact) mass is 285 g/mol. The van der Waals surface area contributed by atoms with Crippen LogP contribution in [0.4, 0.5) is 0 Å². The Morgan fingerprint density at radius 3 is 2.70 bits per heavy atom. The van der Waals surface area contributed by atoms with Crippen molar-refractivity contribution in [2.45, 2.75) is 13.5 Å². The molecule has 0 aliphatic heterocycles. The van der Waals surface area contributed by atoms with Gasteiger partial charge in [0.15, 0.2) is 5.65 Å². The van der Waals surface area contributed by atoms with E-state index in [4.69, 9.17) is 11.6 Å². The molecule has 3 rings (SSSR count). The maximum atomic E-state index is 11.5. The van der Waals surface area contributed by atoms with Gasteiger partial charge >= 0.3 is 0 Å². The van der Waals surface area contributed by atoms with Crippen molar-refractivity contribution in [2.24, 2.45) is 0 Å². The lowest BCUT2D eigenvalue weighted by Crippen LogP contribution is -2.07. The second-order valence-corrected chi connectivity index (χ2v) is 5.01. The van der Waals surface area contributed by atoms with E-state index in [1.54, 1.807) is 13.1 Å². The fraction of sp³-hybridized carbons (Fsp3) is 0.133. The molecule has 0 saturated carbocycles. The second-order valence-electron chi connectivity index (χ2n) is 4.58. The van der Waals surface area contributed by atoms with Crippen LogP contribution in [0.15, 0.2) is 42.6 Å². The molecule has 0 bridgehead atoms. The molecule has 1 aromatic carbocycles. The van der Waals surface area contributed by atoms with E-state index < -0.39 is 0 Å². The lowest BCUT2D eigenvalue weighted by molar-refractivity contribution is -0.117. The van der Waals surface area contributed by atoms with Crippen LogP contribution >= 0.6 is 11.6 Å². The van der Waals surface area contributed by atoms with Crippen LogP contribution in [0, 0.1) is 0 Å². The Morgan fingerprint density at radius 1 is 1.25 bits per heavy atom. The number of Topliss-reactive ketones (excluding diaryl/α,β-unsaturated/α-hetero) is 1. The molecule has 0 saturated heterocycles. The average Bonchev–Trinajstić information content (AvgIpc) is 2.78. The van der Waals surface area contributed by atoms with Gasteiger partial charge in [-0.3, -0.25) is 4.79 Å². The van der Waals surface area contributed by atoms with Crippen LogP contribution < -0.4 is 0 Å². The molecule has 0 N–H and O–H groups in total. The van der Waals surface area contributed by atoms with Crippen molar-refractivity contribution in [3.8, 4) is 11.4 Å². The molecule has 0 atom stereocenters. The molecule has 0 radical (unpaired) electrons. The molecule has 4 nitrogen and oxygen atoms in total. The van der Waals surface area contributed by atoms with E-state index in [1.165, 1.54) is 0 Å². The van der Waals surface area contributed by atoms with Gasteiger partial charge in [0.05, 0.1) is 12.1 Å². The highest BCUT2D eigenvalue weighted by molar-refractivity contribution is 6.30. The molecule has 100 valence electrons. The van der Waals surface area contributed by atoms with Crippen LogP contribution in [0.5, 0.6) is 0 Å². The van der Waals surface area contributed by atoms with Gasteiger partial charge in [0, 0.05) is 16.8 Å². The fourth-order valence-electron chi connectivity index (χ4n) is 2.16. The minimum absolute atomic E-state index is 0.0726. The Labute approximate surface area is 121 Å². The van der Waals surface area contributed by atoms with Crippen LogP contribution in [0.25, 0.3) is 22.6 Å². The predicted molar refractivity (Wildman–Crippen MR) is 78.7 cm³/mol. The Hall–Kier alpha value is -2.20. The minimum atomic E-state index is 0.0726. The Balaban J connectivity index is 2.23. The highest BCUT2D eigenvalue weighted by Gasteiger charge is 2.14. The SMILES string of the molecule is CC(=O)Cn1c(-c2ccc(Cl)cc2)nc2ncccc21. The minimum Gasteiger partial charge on any atom is -0.315 e. The van der Waals surface area contributed by atoms with Gasteiger partial charge in [-0.05, 0) is 43.3 Å². The summed E-state index contributed by atoms with van der Waals surface area (Å²) < 4.78 is 1.88. The third kappa shape index (κ3) is 2.30. The molecule has 5 heteroatoms. The third-order valence-electron chi connectivity index (χ3n) is 3.01. The number of aromatic nitrogens is 3. The number of halogens is 1. The Morgan fingerprint density at radius 2 is 2.00 bits per heavy atom. The number of benzene rings is 1. The van der Waals surface area contributed by atoms with E-state index >= 15 is 0 Å². The molecular formula is C15H12ClN3O. The molecule has 2 aromatic heterocycles. The number of ketones is 1. The smallest absolute Gasteiger partial charge is 0.178 e. The standard InChI is InChI=1S/C15H12ClN3O/c1-10(20)9-19-13-3-2-8-17-14(13)18-15(19)11-4-6-12(16)7-5-11/h2-8H,9H2,1H3. The first-order valence-electron chi connectivity index (χ1n) is 6.22. The topological polar surface area (TPSA) is 47.8 Å². The number of imidazole rings is 1. The summed E-state index contributed by atoms with van der Waals surface area (Å²) in [7, 11) is 0. The molecule has 0 fully saturated rings. The van der Waals surface area contributed by atoms with Gasteiger partial charge in [0.1, 0.15) is 11.6 Å². The van der Waals surface area contributed by atoms with Crippen LogP contribution in [0.3, 0.4) is 0 Å². The van der Waals surface area contributed by atoms with Crippen molar-refractivity contribution in [1.29, 1.82) is 0 Å². The molecule has 0 aliphatic carbocycles. The highest BCUT2D eigenvalue weighted by Crippen LogP contribution is 2.25. The Bertz CT molecular complexity index is 777. The summed E-state index contributed by atoms with van der Waals surface area (Å²) in [6.07, 6.45) is 1.69. The highest BCUT2D eigenvalue weighted by atomic mass is 35.5. The first kappa shape index (κ1) is 12.8. The zero-order chi connectivity index (χ0) is 14.1. The van der Waals surface area contributed by atoms with Crippen LogP contribution in [-0.4, -0.2) is 20.3 Å². The Kier molecular flexibility index (Phi) is 3.24. The summed E-state index contributed by atoms with van der Waals surface area (Å²) in [5, 5.41) is 0.668. The zero-order valence-corrected chi connectivity index (χ0v) is 11.6. The van der Waals surface area contributed by atoms with Gasteiger partial charge in [-0.1, -0.05) is 11.6 Å². The van der Waals surface area contributed by atoms with Crippen LogP contribution in [0.2, 0.25) is 5.02 Å². The maximum absolute atomic E-state index is 11.5. The van der Waals surface area contributed by atoms with Crippen molar-refractivity contribution in [2.75, 3.05) is 0 Å². The zero-order valence-electron chi connectivity index (χ0n) is 10.9. The van der Waals surface area contributed by atoms with Gasteiger partial charge in [-0.15, -0.1) is 0 Å². The number of hydrogen-bond donors (Lipinski definition) is 0. The number of fused-ring (bicyclic) bond motifs is 1. The molecule has 20 heavy (non-hydrogen) atoms. The first-order chi connectivity index (χ1) is 9.65. The largest absolute Gasteiger partial charge is 0.315 e.